The van der Waals surface area contributed by atoms with Crippen LogP contribution in [0.15, 0.2) is 426 Å². The monoisotopic (exact) mass is 1470 g/mol. The van der Waals surface area contributed by atoms with E-state index < -0.39 is 0 Å². The highest BCUT2D eigenvalue weighted by atomic mass is 16.3. The van der Waals surface area contributed by atoms with Crippen molar-refractivity contribution in [2.45, 2.75) is 12.8 Å². The maximum atomic E-state index is 7.53. The number of furan rings is 3. The zero-order chi connectivity index (χ0) is 76.0. The van der Waals surface area contributed by atoms with Crippen molar-refractivity contribution >= 4 is 99.9 Å². The zero-order valence-electron chi connectivity index (χ0n) is 63.0. The van der Waals surface area contributed by atoms with Crippen LogP contribution in [-0.2, 0) is 0 Å². The lowest BCUT2D eigenvalue weighted by Gasteiger charge is -2.26. The molecule has 22 rings (SSSR count). The Hall–Kier alpha value is -15.0. The number of rotatable bonds is 15. The third kappa shape index (κ3) is 11.1. The molecule has 0 N–H and O–H groups in total. The summed E-state index contributed by atoms with van der Waals surface area (Å²) in [5.74, 6) is 0.0985. The van der Waals surface area contributed by atoms with Crippen molar-refractivity contribution in [2.75, 3.05) is 9.80 Å². The van der Waals surface area contributed by atoms with Gasteiger partial charge in [0.05, 0.1) is 11.1 Å². The van der Waals surface area contributed by atoms with Crippen molar-refractivity contribution in [3.05, 3.63) is 424 Å². The number of para-hydroxylation sites is 3. The molecule has 1 aliphatic carbocycles. The molecule has 1 unspecified atom stereocenters. The second kappa shape index (κ2) is 27.8. The van der Waals surface area contributed by atoms with Gasteiger partial charge in [-0.05, 0) is 180 Å². The van der Waals surface area contributed by atoms with Crippen molar-refractivity contribution < 1.29 is 13.3 Å². The van der Waals surface area contributed by atoms with Crippen molar-refractivity contribution in [2.24, 2.45) is 0 Å². The predicted octanol–water partition coefficient (Wildman–Crippen LogP) is 31.5. The fourth-order valence-corrected chi connectivity index (χ4v) is 18.5. The summed E-state index contributed by atoms with van der Waals surface area (Å²) in [6.07, 6.45) is 0. The number of hydrogen-bond donors (Lipinski definition) is 0. The molecule has 18 aromatic carbocycles. The highest BCUT2D eigenvalue weighted by Crippen LogP contribution is 2.59. The molecule has 3 heterocycles. The second-order valence-electron chi connectivity index (χ2n) is 30.0. The molecule has 0 saturated heterocycles. The van der Waals surface area contributed by atoms with Crippen LogP contribution in [0, 0.1) is 0 Å². The lowest BCUT2D eigenvalue weighted by atomic mass is 9.80. The van der Waals surface area contributed by atoms with Crippen molar-refractivity contribution in [3.8, 4) is 111 Å². The first-order valence-electron chi connectivity index (χ1n) is 39.5. The van der Waals surface area contributed by atoms with E-state index in [2.05, 4.69) is 423 Å². The first kappa shape index (κ1) is 66.9. The van der Waals surface area contributed by atoms with Gasteiger partial charge in [0.2, 0.25) is 0 Å². The van der Waals surface area contributed by atoms with Gasteiger partial charge in [0.15, 0.2) is 0 Å². The Morgan fingerprint density at radius 2 is 0.557 bits per heavy atom. The summed E-state index contributed by atoms with van der Waals surface area (Å²) >= 11 is 0. The SMILES string of the molecule is CC1c2ccc(N(c3ccccc3)c3ccc4oc5c(-c6ccccc6)c(-c6ccccc6)c(-c6ccccc6)c(-c6ccccc6)c5c4c3)cc2-c2cccc(-c3ccc(-c4c(-c5ccccc5)c(-c5ccccc5)c5c(oc6ccc(N(c7ccccc7)c7cccc8oc9ccccc9c78)cc65)c4-c4ccccc4)cc3)c21. The van der Waals surface area contributed by atoms with Gasteiger partial charge in [0.25, 0.3) is 0 Å². The Bertz CT molecular complexity index is 7290. The fraction of sp³-hybridized carbons (Fsp3) is 0.0182. The van der Waals surface area contributed by atoms with Gasteiger partial charge < -0.3 is 23.1 Å². The van der Waals surface area contributed by atoms with Crippen LogP contribution in [0.25, 0.3) is 177 Å². The molecule has 0 saturated carbocycles. The lowest BCUT2D eigenvalue weighted by Crippen LogP contribution is -2.10. The fourth-order valence-electron chi connectivity index (χ4n) is 18.5. The Balaban J connectivity index is 0.701. The van der Waals surface area contributed by atoms with Crippen molar-refractivity contribution in [1.82, 2.24) is 0 Å². The number of anilines is 6. The molecule has 0 aliphatic heterocycles. The normalized spacial score (nSPS) is 12.5. The van der Waals surface area contributed by atoms with Gasteiger partial charge in [0, 0.05) is 94.7 Å². The molecule has 0 spiro atoms. The van der Waals surface area contributed by atoms with E-state index in [1.54, 1.807) is 0 Å². The van der Waals surface area contributed by atoms with Gasteiger partial charge in [0.1, 0.15) is 33.5 Å². The molecule has 0 bridgehead atoms. The minimum Gasteiger partial charge on any atom is -0.456 e. The summed E-state index contributed by atoms with van der Waals surface area (Å²) in [5, 5.41) is 6.27. The Morgan fingerprint density at radius 3 is 1.04 bits per heavy atom. The molecule has 5 heteroatoms. The summed E-state index contributed by atoms with van der Waals surface area (Å²) in [4.78, 5) is 4.79. The molecule has 540 valence electrons. The van der Waals surface area contributed by atoms with Crippen LogP contribution >= 0.6 is 0 Å². The molecule has 0 fully saturated rings. The lowest BCUT2D eigenvalue weighted by molar-refractivity contribution is 0.668. The molecule has 0 amide bonds. The van der Waals surface area contributed by atoms with E-state index >= 15 is 0 Å². The first-order chi connectivity index (χ1) is 57.0. The van der Waals surface area contributed by atoms with Gasteiger partial charge in [-0.15, -0.1) is 0 Å². The number of benzene rings is 18. The summed E-state index contributed by atoms with van der Waals surface area (Å²) in [7, 11) is 0. The number of nitrogens with zero attached hydrogens (tertiary/aromatic N) is 2. The maximum Gasteiger partial charge on any atom is 0.144 e. The third-order valence-electron chi connectivity index (χ3n) is 23.5. The van der Waals surface area contributed by atoms with Crippen LogP contribution in [0.5, 0.6) is 0 Å². The number of hydrogen-bond acceptors (Lipinski definition) is 5. The molecular formula is C110H72N2O3. The van der Waals surface area contributed by atoms with Gasteiger partial charge in [-0.2, -0.15) is 0 Å². The van der Waals surface area contributed by atoms with Gasteiger partial charge in [-0.1, -0.05) is 328 Å². The van der Waals surface area contributed by atoms with Gasteiger partial charge >= 0.3 is 0 Å². The van der Waals surface area contributed by atoms with E-state index in [1.807, 2.05) is 6.07 Å². The van der Waals surface area contributed by atoms with Crippen LogP contribution in [0.3, 0.4) is 0 Å². The van der Waals surface area contributed by atoms with E-state index in [0.29, 0.717) is 0 Å². The minimum absolute atomic E-state index is 0.0985. The largest absolute Gasteiger partial charge is 0.456 e. The topological polar surface area (TPSA) is 45.9 Å². The van der Waals surface area contributed by atoms with E-state index in [1.165, 1.54) is 27.8 Å². The summed E-state index contributed by atoms with van der Waals surface area (Å²) in [6, 6.07) is 149. The first-order valence-corrected chi connectivity index (χ1v) is 39.5. The van der Waals surface area contributed by atoms with E-state index in [9.17, 15) is 0 Å². The maximum absolute atomic E-state index is 7.53. The average molecular weight is 1470 g/mol. The van der Waals surface area contributed by atoms with Crippen LogP contribution in [0.1, 0.15) is 24.0 Å². The van der Waals surface area contributed by atoms with Crippen LogP contribution in [0.2, 0.25) is 0 Å². The molecular weight excluding hydrogens is 1400 g/mol. The summed E-state index contributed by atoms with van der Waals surface area (Å²) in [5.41, 5.74) is 36.2. The highest BCUT2D eigenvalue weighted by molar-refractivity contribution is 6.27. The molecule has 5 nitrogen and oxygen atoms in total. The summed E-state index contributed by atoms with van der Waals surface area (Å²) < 4.78 is 21.5. The van der Waals surface area contributed by atoms with E-state index in [0.717, 1.165) is 195 Å². The quantitative estimate of drug-likeness (QED) is 0.102. The molecule has 1 atom stereocenters. The molecule has 3 aromatic heterocycles. The average Bonchev–Trinajstić information content (AvgIpc) is 1.62. The zero-order valence-corrected chi connectivity index (χ0v) is 63.0. The van der Waals surface area contributed by atoms with E-state index in [4.69, 9.17) is 13.3 Å². The van der Waals surface area contributed by atoms with Crippen LogP contribution < -0.4 is 9.80 Å². The molecule has 0 radical (unpaired) electrons. The Labute approximate surface area is 666 Å². The molecule has 21 aromatic rings. The smallest absolute Gasteiger partial charge is 0.144 e. The van der Waals surface area contributed by atoms with Crippen LogP contribution in [-0.4, -0.2) is 0 Å². The second-order valence-corrected chi connectivity index (χ2v) is 30.0. The van der Waals surface area contributed by atoms with Crippen molar-refractivity contribution in [1.29, 1.82) is 0 Å². The van der Waals surface area contributed by atoms with Crippen molar-refractivity contribution in [3.63, 3.8) is 0 Å². The van der Waals surface area contributed by atoms with Gasteiger partial charge in [-0.3, -0.25) is 0 Å². The predicted molar refractivity (Wildman–Crippen MR) is 480 cm³/mol. The Morgan fingerprint density at radius 1 is 0.209 bits per heavy atom. The minimum atomic E-state index is 0.0985. The molecule has 115 heavy (non-hydrogen) atoms. The Kier molecular flexibility index (Phi) is 16.1. The molecule has 1 aliphatic rings. The highest BCUT2D eigenvalue weighted by Gasteiger charge is 2.34. The third-order valence-corrected chi connectivity index (χ3v) is 23.5. The van der Waals surface area contributed by atoms with Gasteiger partial charge in [-0.25, -0.2) is 0 Å². The number of fused-ring (bicyclic) bond motifs is 12. The summed E-state index contributed by atoms with van der Waals surface area (Å²) in [6.45, 7) is 2.38. The standard InChI is InChI=1S/C110H72N2O3/c1-70-85-64-61-82(111(80-47-25-9-26-48-80)83-62-65-94-90(68-83)107-102(75-39-17-5-18-40-75)98(72-33-11-2-12-34-72)100(74-37-15-4-16-38-74)104(109(107)114-94)77-43-21-7-22-44-77)67-89(85)87-53-31-52-86(97(70)87)71-57-59-79(60-58-71)101-99(73-35-13-3-14-36-73)103(76-41-19-6-20-42-76)108-91-69-84(63-66-95(91)115-110(108)105(101)78-45-23-8-24-46-78)112(81-49-27-10-28-50-81)92-54-32-56-96-106(92)88-51-29-30-55-93(88)113-96/h2-70H,1H3. The van der Waals surface area contributed by atoms with E-state index in [-0.39, 0.29) is 5.92 Å². The van der Waals surface area contributed by atoms with Crippen LogP contribution in [0.4, 0.5) is 34.1 Å².